The summed E-state index contributed by atoms with van der Waals surface area (Å²) in [5, 5.41) is 10.1. The molecule has 1 N–H and O–H groups in total. The Morgan fingerprint density at radius 2 is 1.95 bits per heavy atom. The molecule has 3 atom stereocenters. The summed E-state index contributed by atoms with van der Waals surface area (Å²) >= 11 is 0. The first-order valence-corrected chi connectivity index (χ1v) is 6.67. The first kappa shape index (κ1) is 12.5. The molecule has 102 valence electrons. The van der Waals surface area contributed by atoms with Crippen molar-refractivity contribution in [2.75, 3.05) is 0 Å². The molecule has 2 aliphatic heterocycles. The second-order valence-corrected chi connectivity index (χ2v) is 6.28. The lowest BCUT2D eigenvalue weighted by atomic mass is 9.90. The zero-order valence-electron chi connectivity index (χ0n) is 11.5. The van der Waals surface area contributed by atoms with Crippen molar-refractivity contribution in [2.24, 2.45) is 0 Å². The molecule has 2 bridgehead atoms. The average Bonchev–Trinajstić information content (AvgIpc) is 2.79. The summed E-state index contributed by atoms with van der Waals surface area (Å²) < 4.78 is 5.46. The van der Waals surface area contributed by atoms with Gasteiger partial charge in [0.15, 0.2) is 0 Å². The van der Waals surface area contributed by atoms with Crippen LogP contribution in [0.4, 0.5) is 4.79 Å². The van der Waals surface area contributed by atoms with Gasteiger partial charge in [-0.1, -0.05) is 24.3 Å². The van der Waals surface area contributed by atoms with Gasteiger partial charge in [0, 0.05) is 6.42 Å². The summed E-state index contributed by atoms with van der Waals surface area (Å²) in [6.07, 6.45) is -0.233. The van der Waals surface area contributed by atoms with Crippen molar-refractivity contribution in [2.45, 2.75) is 51.0 Å². The van der Waals surface area contributed by atoms with E-state index in [4.69, 9.17) is 4.74 Å². The fourth-order valence-electron chi connectivity index (χ4n) is 3.12. The maximum atomic E-state index is 12.3. The predicted molar refractivity (Wildman–Crippen MR) is 70.6 cm³/mol. The Bertz CT molecular complexity index is 520. The summed E-state index contributed by atoms with van der Waals surface area (Å²) in [7, 11) is 0. The van der Waals surface area contributed by atoms with Gasteiger partial charge in [-0.3, -0.25) is 4.90 Å². The van der Waals surface area contributed by atoms with E-state index < -0.39 is 11.7 Å². The highest BCUT2D eigenvalue weighted by atomic mass is 16.6. The lowest BCUT2D eigenvalue weighted by Crippen LogP contribution is -2.36. The van der Waals surface area contributed by atoms with E-state index in [9.17, 15) is 9.90 Å². The summed E-state index contributed by atoms with van der Waals surface area (Å²) in [4.78, 5) is 14.0. The van der Waals surface area contributed by atoms with Crippen LogP contribution in [0.25, 0.3) is 0 Å². The number of carbonyl (C=O) groups excluding carboxylic acids is 1. The average molecular weight is 261 g/mol. The molecule has 0 spiro atoms. The van der Waals surface area contributed by atoms with Crippen molar-refractivity contribution in [3.63, 3.8) is 0 Å². The van der Waals surface area contributed by atoms with Gasteiger partial charge < -0.3 is 9.84 Å². The summed E-state index contributed by atoms with van der Waals surface area (Å²) in [5.74, 6) is 0. The van der Waals surface area contributed by atoms with Gasteiger partial charge in [0.25, 0.3) is 0 Å². The van der Waals surface area contributed by atoms with E-state index in [1.54, 1.807) is 4.90 Å². The lowest BCUT2D eigenvalue weighted by molar-refractivity contribution is 0.0124. The number of amides is 1. The highest BCUT2D eigenvalue weighted by molar-refractivity contribution is 5.72. The van der Waals surface area contributed by atoms with Crippen molar-refractivity contribution in [1.29, 1.82) is 0 Å². The van der Waals surface area contributed by atoms with E-state index in [2.05, 4.69) is 0 Å². The van der Waals surface area contributed by atoms with Gasteiger partial charge in [-0.25, -0.2) is 4.79 Å². The van der Waals surface area contributed by atoms with E-state index in [-0.39, 0.29) is 18.2 Å². The van der Waals surface area contributed by atoms with Crippen LogP contribution in [-0.2, 0) is 4.74 Å². The third-order valence-electron chi connectivity index (χ3n) is 3.74. The molecule has 0 radical (unpaired) electrons. The van der Waals surface area contributed by atoms with Gasteiger partial charge in [-0.15, -0.1) is 0 Å². The van der Waals surface area contributed by atoms with E-state index in [1.807, 2.05) is 45.0 Å². The highest BCUT2D eigenvalue weighted by Crippen LogP contribution is 2.53. The van der Waals surface area contributed by atoms with E-state index in [0.717, 1.165) is 11.1 Å². The molecule has 19 heavy (non-hydrogen) atoms. The number of hydrogen-bond acceptors (Lipinski definition) is 3. The quantitative estimate of drug-likeness (QED) is 0.781. The van der Waals surface area contributed by atoms with Gasteiger partial charge in [-0.2, -0.15) is 0 Å². The Morgan fingerprint density at radius 1 is 1.32 bits per heavy atom. The van der Waals surface area contributed by atoms with Gasteiger partial charge in [0.2, 0.25) is 0 Å². The molecular weight excluding hydrogens is 242 g/mol. The van der Waals surface area contributed by atoms with Crippen LogP contribution in [0.5, 0.6) is 0 Å². The number of aliphatic hydroxyl groups is 1. The first-order chi connectivity index (χ1) is 8.88. The number of ether oxygens (including phenoxy) is 1. The van der Waals surface area contributed by atoms with Crippen molar-refractivity contribution in [3.05, 3.63) is 35.4 Å². The zero-order valence-corrected chi connectivity index (χ0v) is 11.5. The van der Waals surface area contributed by atoms with Crippen molar-refractivity contribution in [1.82, 2.24) is 4.90 Å². The number of hydrogen-bond donors (Lipinski definition) is 1. The van der Waals surface area contributed by atoms with Crippen LogP contribution in [0, 0.1) is 0 Å². The minimum atomic E-state index is -0.518. The molecule has 1 fully saturated rings. The molecule has 0 aromatic heterocycles. The molecule has 2 heterocycles. The molecule has 0 saturated carbocycles. The van der Waals surface area contributed by atoms with Crippen LogP contribution in [0.2, 0.25) is 0 Å². The largest absolute Gasteiger partial charge is 0.444 e. The van der Waals surface area contributed by atoms with Crippen molar-refractivity contribution < 1.29 is 14.6 Å². The van der Waals surface area contributed by atoms with E-state index in [0.29, 0.717) is 6.42 Å². The van der Waals surface area contributed by atoms with Crippen LogP contribution in [0.15, 0.2) is 24.3 Å². The summed E-state index contributed by atoms with van der Waals surface area (Å²) in [5.41, 5.74) is 1.68. The molecule has 0 unspecified atom stereocenters. The normalized spacial score (nSPS) is 28.4. The minimum absolute atomic E-state index is 0.0500. The lowest BCUT2D eigenvalue weighted by Gasteiger charge is -2.27. The first-order valence-electron chi connectivity index (χ1n) is 6.67. The maximum absolute atomic E-state index is 12.3. The molecule has 0 aliphatic carbocycles. The topological polar surface area (TPSA) is 49.8 Å². The van der Waals surface area contributed by atoms with Gasteiger partial charge in [-0.05, 0) is 31.9 Å². The van der Waals surface area contributed by atoms with Crippen molar-refractivity contribution >= 4 is 6.09 Å². The minimum Gasteiger partial charge on any atom is -0.444 e. The molecular formula is C15H19NO3. The monoisotopic (exact) mass is 261 g/mol. The Hall–Kier alpha value is -1.55. The smallest absolute Gasteiger partial charge is 0.411 e. The number of fused-ring (bicyclic) bond motifs is 5. The number of aliphatic hydroxyl groups excluding tert-OH is 1. The molecule has 1 aromatic rings. The second kappa shape index (κ2) is 3.97. The Balaban J connectivity index is 1.93. The number of nitrogens with zero attached hydrogens (tertiary/aromatic N) is 1. The zero-order chi connectivity index (χ0) is 13.8. The van der Waals surface area contributed by atoms with Gasteiger partial charge in [0.1, 0.15) is 5.60 Å². The van der Waals surface area contributed by atoms with Crippen molar-refractivity contribution in [3.8, 4) is 0 Å². The number of rotatable bonds is 0. The van der Waals surface area contributed by atoms with Crippen LogP contribution in [-0.4, -0.2) is 27.8 Å². The standard InChI is InChI=1S/C15H19NO3/c1-15(2,3)19-14(18)16-11-8-12(17)13(16)10-7-5-4-6-9(10)11/h4-7,11-13,17H,8H2,1-3H3/t11-,12+,13-/m1/s1. The predicted octanol–water partition coefficient (Wildman–Crippen LogP) is 2.78. The maximum Gasteiger partial charge on any atom is 0.411 e. The molecule has 2 aliphatic rings. The van der Waals surface area contributed by atoms with Crippen LogP contribution >= 0.6 is 0 Å². The highest BCUT2D eigenvalue weighted by Gasteiger charge is 2.52. The molecule has 4 heteroatoms. The van der Waals surface area contributed by atoms with Crippen LogP contribution in [0.3, 0.4) is 0 Å². The number of benzene rings is 1. The molecule has 1 amide bonds. The van der Waals surface area contributed by atoms with E-state index in [1.165, 1.54) is 0 Å². The Labute approximate surface area is 113 Å². The molecule has 1 saturated heterocycles. The fraction of sp³-hybridized carbons (Fsp3) is 0.533. The Morgan fingerprint density at radius 3 is 2.58 bits per heavy atom. The Kier molecular flexibility index (Phi) is 2.61. The summed E-state index contributed by atoms with van der Waals surface area (Å²) in [6, 6.07) is 7.63. The molecule has 1 aromatic carbocycles. The fourth-order valence-corrected chi connectivity index (χ4v) is 3.12. The third kappa shape index (κ3) is 1.91. The van der Waals surface area contributed by atoms with Crippen LogP contribution in [0.1, 0.15) is 50.4 Å². The molecule has 4 nitrogen and oxygen atoms in total. The van der Waals surface area contributed by atoms with Gasteiger partial charge in [0.05, 0.1) is 18.2 Å². The third-order valence-corrected chi connectivity index (χ3v) is 3.74. The van der Waals surface area contributed by atoms with E-state index >= 15 is 0 Å². The number of carbonyl (C=O) groups is 1. The van der Waals surface area contributed by atoms with Crippen LogP contribution < -0.4 is 0 Å². The second-order valence-electron chi connectivity index (χ2n) is 6.28. The van der Waals surface area contributed by atoms with Gasteiger partial charge >= 0.3 is 6.09 Å². The SMILES string of the molecule is CC(C)(C)OC(=O)N1[C@@H]2C[C@H](O)[C@H]1c1ccccc12. The molecule has 3 rings (SSSR count). The summed E-state index contributed by atoms with van der Waals surface area (Å²) in [6.45, 7) is 5.56.